The van der Waals surface area contributed by atoms with Gasteiger partial charge < -0.3 is 9.84 Å². The molecular weight excluding hydrogens is 398 g/mol. The Morgan fingerprint density at radius 3 is 2.53 bits per heavy atom. The zero-order valence-corrected chi connectivity index (χ0v) is 17.3. The van der Waals surface area contributed by atoms with Gasteiger partial charge in [0.25, 0.3) is 0 Å². The van der Waals surface area contributed by atoms with Crippen molar-refractivity contribution in [2.24, 2.45) is 0 Å². The van der Waals surface area contributed by atoms with Crippen molar-refractivity contribution in [2.45, 2.75) is 31.5 Å². The number of carbonyl (C=O) groups is 1. The van der Waals surface area contributed by atoms with E-state index in [-0.39, 0.29) is 6.04 Å². The third-order valence-electron chi connectivity index (χ3n) is 5.52. The highest BCUT2D eigenvalue weighted by Crippen LogP contribution is 2.36. The molecule has 1 fully saturated rings. The summed E-state index contributed by atoms with van der Waals surface area (Å²) < 4.78 is 6.02. The van der Waals surface area contributed by atoms with E-state index in [1.54, 1.807) is 0 Å². The highest BCUT2D eigenvalue weighted by molar-refractivity contribution is 6.30. The number of ether oxygens (including phenoxy) is 1. The van der Waals surface area contributed by atoms with Gasteiger partial charge in [-0.1, -0.05) is 66.2 Å². The number of likely N-dealkylation sites (tertiary alicyclic amines) is 1. The van der Waals surface area contributed by atoms with Gasteiger partial charge in [0.05, 0.1) is 6.04 Å². The Hall–Kier alpha value is -2.82. The Kier molecular flexibility index (Phi) is 6.36. The molecule has 3 aromatic rings. The van der Waals surface area contributed by atoms with Crippen LogP contribution in [0.1, 0.15) is 35.6 Å². The number of carboxylic acid groups (broad SMARTS) is 1. The lowest BCUT2D eigenvalue weighted by molar-refractivity contribution is -0.142. The average Bonchev–Trinajstić information content (AvgIpc) is 3.25. The summed E-state index contributed by atoms with van der Waals surface area (Å²) in [4.78, 5) is 13.9. The fraction of sp³-hybridized carbons (Fsp3) is 0.240. The summed E-state index contributed by atoms with van der Waals surface area (Å²) in [6.45, 7) is 1.22. The number of carboxylic acids is 1. The van der Waals surface area contributed by atoms with Gasteiger partial charge in [0, 0.05) is 11.6 Å². The molecule has 0 aromatic heterocycles. The largest absolute Gasteiger partial charge is 0.489 e. The van der Waals surface area contributed by atoms with Crippen LogP contribution in [0.5, 0.6) is 5.75 Å². The molecule has 0 bridgehead atoms. The van der Waals surface area contributed by atoms with Gasteiger partial charge in [-0.2, -0.15) is 0 Å². The van der Waals surface area contributed by atoms with Crippen LogP contribution in [0.3, 0.4) is 0 Å². The smallest absolute Gasteiger partial charge is 0.320 e. The van der Waals surface area contributed by atoms with E-state index in [1.165, 1.54) is 0 Å². The van der Waals surface area contributed by atoms with Gasteiger partial charge in [0.1, 0.15) is 18.4 Å². The fourth-order valence-electron chi connectivity index (χ4n) is 4.10. The quantitative estimate of drug-likeness (QED) is 0.542. The van der Waals surface area contributed by atoms with Gasteiger partial charge in [-0.3, -0.25) is 9.69 Å². The zero-order chi connectivity index (χ0) is 20.9. The molecule has 0 aliphatic carbocycles. The van der Waals surface area contributed by atoms with Crippen LogP contribution in [-0.2, 0) is 11.4 Å². The molecule has 1 aliphatic rings. The first kappa shape index (κ1) is 20.5. The fourth-order valence-corrected chi connectivity index (χ4v) is 4.23. The lowest BCUT2D eigenvalue weighted by Gasteiger charge is -2.32. The van der Waals surface area contributed by atoms with Crippen molar-refractivity contribution in [1.82, 2.24) is 4.90 Å². The summed E-state index contributed by atoms with van der Waals surface area (Å²) in [7, 11) is 0. The van der Waals surface area contributed by atoms with E-state index in [0.717, 1.165) is 35.4 Å². The molecule has 0 radical (unpaired) electrons. The van der Waals surface area contributed by atoms with Crippen molar-refractivity contribution in [3.63, 3.8) is 0 Å². The molecule has 5 heteroatoms. The lowest BCUT2D eigenvalue weighted by Crippen LogP contribution is -2.39. The van der Waals surface area contributed by atoms with E-state index in [9.17, 15) is 9.90 Å². The van der Waals surface area contributed by atoms with Gasteiger partial charge in [0.15, 0.2) is 0 Å². The Morgan fingerprint density at radius 1 is 1.03 bits per heavy atom. The average molecular weight is 422 g/mol. The molecule has 1 aliphatic heterocycles. The Bertz CT molecular complexity index is 991. The van der Waals surface area contributed by atoms with Crippen molar-refractivity contribution in [2.75, 3.05) is 6.54 Å². The highest BCUT2D eigenvalue weighted by atomic mass is 35.5. The Balaban J connectivity index is 1.65. The number of rotatable bonds is 7. The number of halogens is 1. The van der Waals surface area contributed by atoms with Gasteiger partial charge in [-0.05, 0) is 53.8 Å². The molecule has 1 saturated heterocycles. The Morgan fingerprint density at radius 2 is 1.80 bits per heavy atom. The minimum absolute atomic E-state index is 0.175. The molecule has 0 saturated carbocycles. The molecule has 2 atom stereocenters. The summed E-state index contributed by atoms with van der Waals surface area (Å²) in [5, 5.41) is 10.4. The maximum Gasteiger partial charge on any atom is 0.320 e. The predicted molar refractivity (Wildman–Crippen MR) is 118 cm³/mol. The van der Waals surface area contributed by atoms with E-state index < -0.39 is 12.0 Å². The molecule has 3 aromatic carbocycles. The van der Waals surface area contributed by atoms with Crippen LogP contribution in [0.15, 0.2) is 78.9 Å². The molecule has 4 nitrogen and oxygen atoms in total. The van der Waals surface area contributed by atoms with Gasteiger partial charge in [-0.25, -0.2) is 0 Å². The number of benzene rings is 3. The second-order valence-corrected chi connectivity index (χ2v) is 7.97. The zero-order valence-electron chi connectivity index (χ0n) is 16.6. The van der Waals surface area contributed by atoms with Crippen LogP contribution in [0.2, 0.25) is 5.02 Å². The first-order valence-corrected chi connectivity index (χ1v) is 10.5. The predicted octanol–water partition coefficient (Wildman–Crippen LogP) is 5.56. The summed E-state index contributed by atoms with van der Waals surface area (Å²) in [5.41, 5.74) is 3.13. The van der Waals surface area contributed by atoms with Gasteiger partial charge >= 0.3 is 5.97 Å². The monoisotopic (exact) mass is 421 g/mol. The van der Waals surface area contributed by atoms with Gasteiger partial charge in [-0.15, -0.1) is 0 Å². The molecular formula is C25H24ClNO3. The van der Waals surface area contributed by atoms with Crippen molar-refractivity contribution < 1.29 is 14.6 Å². The van der Waals surface area contributed by atoms with E-state index in [2.05, 4.69) is 4.90 Å². The number of aliphatic carboxylic acids is 1. The van der Waals surface area contributed by atoms with Crippen molar-refractivity contribution in [1.29, 1.82) is 0 Å². The van der Waals surface area contributed by atoms with Crippen molar-refractivity contribution in [3.05, 3.63) is 101 Å². The lowest BCUT2D eigenvalue weighted by atomic mass is 9.96. The van der Waals surface area contributed by atoms with Gasteiger partial charge in [0.2, 0.25) is 0 Å². The molecule has 0 amide bonds. The normalized spacial score (nSPS) is 17.6. The molecule has 2 unspecified atom stereocenters. The van der Waals surface area contributed by atoms with E-state index in [0.29, 0.717) is 18.1 Å². The molecule has 4 rings (SSSR count). The van der Waals surface area contributed by atoms with Crippen LogP contribution >= 0.6 is 11.6 Å². The summed E-state index contributed by atoms with van der Waals surface area (Å²) in [6.07, 6.45) is 1.52. The molecule has 0 spiro atoms. The van der Waals surface area contributed by atoms with Crippen molar-refractivity contribution in [3.8, 4) is 5.75 Å². The third-order valence-corrected chi connectivity index (χ3v) is 5.77. The molecule has 1 N–H and O–H groups in total. The summed E-state index contributed by atoms with van der Waals surface area (Å²) in [6, 6.07) is 24.9. The number of hydrogen-bond acceptors (Lipinski definition) is 3. The standard InChI is InChI=1S/C25H24ClNO3/c26-21-13-11-19(12-14-21)24(27-15-5-10-23(27)25(28)29)20-8-4-9-22(16-20)30-17-18-6-2-1-3-7-18/h1-4,6-9,11-14,16,23-24H,5,10,15,17H2,(H,28,29). The minimum Gasteiger partial charge on any atom is -0.489 e. The maximum absolute atomic E-state index is 11.9. The van der Waals surface area contributed by atoms with Crippen molar-refractivity contribution >= 4 is 17.6 Å². The van der Waals surface area contributed by atoms with E-state index in [4.69, 9.17) is 16.3 Å². The van der Waals surface area contributed by atoms with Crippen LogP contribution in [0, 0.1) is 0 Å². The van der Waals surface area contributed by atoms with Crippen LogP contribution in [0.25, 0.3) is 0 Å². The number of nitrogens with zero attached hydrogens (tertiary/aromatic N) is 1. The second-order valence-electron chi connectivity index (χ2n) is 7.53. The van der Waals surface area contributed by atoms with E-state index >= 15 is 0 Å². The highest BCUT2D eigenvalue weighted by Gasteiger charge is 2.36. The summed E-state index contributed by atoms with van der Waals surface area (Å²) >= 11 is 6.10. The Labute approximate surface area is 181 Å². The van der Waals surface area contributed by atoms with Crippen LogP contribution in [0.4, 0.5) is 0 Å². The first-order chi connectivity index (χ1) is 14.6. The molecule has 1 heterocycles. The molecule has 30 heavy (non-hydrogen) atoms. The van der Waals surface area contributed by atoms with E-state index in [1.807, 2.05) is 78.9 Å². The maximum atomic E-state index is 11.9. The SMILES string of the molecule is O=C(O)C1CCCN1C(c1ccc(Cl)cc1)c1cccc(OCc2ccccc2)c1. The summed E-state index contributed by atoms with van der Waals surface area (Å²) in [5.74, 6) is -0.00988. The third kappa shape index (κ3) is 4.66. The number of hydrogen-bond donors (Lipinski definition) is 1. The first-order valence-electron chi connectivity index (χ1n) is 10.1. The molecule has 154 valence electrons. The second kappa shape index (κ2) is 9.33. The minimum atomic E-state index is -0.775. The van der Waals surface area contributed by atoms with Crippen LogP contribution in [-0.4, -0.2) is 28.6 Å². The van der Waals surface area contributed by atoms with Crippen LogP contribution < -0.4 is 4.74 Å². The topological polar surface area (TPSA) is 49.8 Å².